The highest BCUT2D eigenvalue weighted by Crippen LogP contribution is 2.30. The van der Waals surface area contributed by atoms with Gasteiger partial charge < -0.3 is 14.4 Å². The normalized spacial score (nSPS) is 13.1. The lowest BCUT2D eigenvalue weighted by molar-refractivity contribution is -0.147. The SMILES string of the molecule is COc1ccc2c(c1)CCCN2C(=O)COC(=O)Cc1cccc2cccnc12. The molecule has 0 saturated heterocycles. The number of aromatic nitrogens is 1. The molecule has 1 aliphatic rings. The van der Waals surface area contributed by atoms with Gasteiger partial charge in [-0.1, -0.05) is 24.3 Å². The molecule has 0 saturated carbocycles. The first-order chi connectivity index (χ1) is 14.2. The molecule has 0 aliphatic carbocycles. The number of fused-ring (bicyclic) bond motifs is 2. The molecule has 2 aromatic carbocycles. The molecular formula is C23H22N2O4. The quantitative estimate of drug-likeness (QED) is 0.625. The first-order valence-electron chi connectivity index (χ1n) is 9.61. The Morgan fingerprint density at radius 1 is 1.14 bits per heavy atom. The molecule has 2 heterocycles. The minimum absolute atomic E-state index is 0.0788. The summed E-state index contributed by atoms with van der Waals surface area (Å²) in [5.41, 5.74) is 3.49. The summed E-state index contributed by atoms with van der Waals surface area (Å²) in [5.74, 6) is 0.108. The number of hydrogen-bond donors (Lipinski definition) is 0. The number of rotatable bonds is 5. The van der Waals surface area contributed by atoms with Crippen LogP contribution in [0.1, 0.15) is 17.5 Å². The molecule has 0 unspecified atom stereocenters. The first-order valence-corrected chi connectivity index (χ1v) is 9.61. The van der Waals surface area contributed by atoms with Crippen LogP contribution in [0.5, 0.6) is 5.75 Å². The van der Waals surface area contributed by atoms with Crippen molar-refractivity contribution in [2.24, 2.45) is 0 Å². The summed E-state index contributed by atoms with van der Waals surface area (Å²) in [4.78, 5) is 31.1. The van der Waals surface area contributed by atoms with Crippen LogP contribution in [0.4, 0.5) is 5.69 Å². The molecule has 0 spiro atoms. The van der Waals surface area contributed by atoms with E-state index in [9.17, 15) is 9.59 Å². The molecule has 0 fully saturated rings. The molecular weight excluding hydrogens is 368 g/mol. The largest absolute Gasteiger partial charge is 0.497 e. The Balaban J connectivity index is 1.41. The van der Waals surface area contributed by atoms with Crippen molar-refractivity contribution in [2.45, 2.75) is 19.3 Å². The Hall–Kier alpha value is -3.41. The van der Waals surface area contributed by atoms with E-state index >= 15 is 0 Å². The maximum atomic E-state index is 12.7. The van der Waals surface area contributed by atoms with Crippen LogP contribution in [-0.2, 0) is 27.2 Å². The van der Waals surface area contributed by atoms with E-state index in [2.05, 4.69) is 4.98 Å². The van der Waals surface area contributed by atoms with Gasteiger partial charge in [0, 0.05) is 23.8 Å². The van der Waals surface area contributed by atoms with Crippen molar-refractivity contribution in [3.8, 4) is 5.75 Å². The van der Waals surface area contributed by atoms with Crippen molar-refractivity contribution in [1.82, 2.24) is 4.98 Å². The second-order valence-electron chi connectivity index (χ2n) is 6.97. The van der Waals surface area contributed by atoms with Crippen LogP contribution in [0, 0.1) is 0 Å². The monoisotopic (exact) mass is 390 g/mol. The predicted molar refractivity (Wildman–Crippen MR) is 110 cm³/mol. The highest BCUT2D eigenvalue weighted by molar-refractivity contribution is 5.96. The van der Waals surface area contributed by atoms with Gasteiger partial charge in [-0.25, -0.2) is 0 Å². The zero-order valence-corrected chi connectivity index (χ0v) is 16.3. The maximum Gasteiger partial charge on any atom is 0.310 e. The predicted octanol–water partition coefficient (Wildman–Crippen LogP) is 3.31. The maximum absolute atomic E-state index is 12.7. The molecule has 0 N–H and O–H groups in total. The van der Waals surface area contributed by atoms with E-state index in [1.165, 1.54) is 0 Å². The molecule has 29 heavy (non-hydrogen) atoms. The van der Waals surface area contributed by atoms with Gasteiger partial charge in [0.25, 0.3) is 5.91 Å². The van der Waals surface area contributed by atoms with Gasteiger partial charge in [0.2, 0.25) is 0 Å². The highest BCUT2D eigenvalue weighted by atomic mass is 16.5. The Kier molecular flexibility index (Phi) is 5.42. The minimum Gasteiger partial charge on any atom is -0.497 e. The van der Waals surface area contributed by atoms with Gasteiger partial charge in [0.15, 0.2) is 6.61 Å². The summed E-state index contributed by atoms with van der Waals surface area (Å²) in [6, 6.07) is 15.2. The summed E-state index contributed by atoms with van der Waals surface area (Å²) in [6.45, 7) is 0.339. The second kappa shape index (κ2) is 8.31. The Labute approximate surface area is 169 Å². The van der Waals surface area contributed by atoms with E-state index in [1.807, 2.05) is 48.5 Å². The van der Waals surface area contributed by atoms with Gasteiger partial charge in [0.1, 0.15) is 5.75 Å². The van der Waals surface area contributed by atoms with Gasteiger partial charge >= 0.3 is 5.97 Å². The van der Waals surface area contributed by atoms with Crippen molar-refractivity contribution >= 4 is 28.5 Å². The number of nitrogens with zero attached hydrogens (tertiary/aromatic N) is 2. The third kappa shape index (κ3) is 4.06. The number of esters is 1. The van der Waals surface area contributed by atoms with E-state index in [-0.39, 0.29) is 18.9 Å². The van der Waals surface area contributed by atoms with Crippen LogP contribution in [0.2, 0.25) is 0 Å². The molecule has 0 atom stereocenters. The summed E-state index contributed by atoms with van der Waals surface area (Å²) in [6.07, 6.45) is 3.53. The van der Waals surface area contributed by atoms with Crippen LogP contribution >= 0.6 is 0 Å². The lowest BCUT2D eigenvalue weighted by atomic mass is 10.0. The van der Waals surface area contributed by atoms with Crippen molar-refractivity contribution in [3.63, 3.8) is 0 Å². The van der Waals surface area contributed by atoms with E-state index in [0.717, 1.165) is 46.3 Å². The Bertz CT molecular complexity index is 1060. The number of pyridine rings is 1. The molecule has 1 amide bonds. The fourth-order valence-corrected chi connectivity index (χ4v) is 3.70. The minimum atomic E-state index is -0.441. The standard InChI is InChI=1S/C23H22N2O4/c1-28-19-9-10-20-17(13-19)8-4-12-25(20)21(26)15-29-22(27)14-18-6-2-5-16-7-3-11-24-23(16)18/h2-3,5-7,9-11,13H,4,8,12,14-15H2,1H3. The number of amides is 1. The van der Waals surface area contributed by atoms with Gasteiger partial charge in [0.05, 0.1) is 19.0 Å². The first kappa shape index (κ1) is 18.9. The highest BCUT2D eigenvalue weighted by Gasteiger charge is 2.24. The van der Waals surface area contributed by atoms with Crippen LogP contribution in [0.15, 0.2) is 54.7 Å². The lowest BCUT2D eigenvalue weighted by Gasteiger charge is -2.29. The average molecular weight is 390 g/mol. The smallest absolute Gasteiger partial charge is 0.310 e. The topological polar surface area (TPSA) is 68.7 Å². The summed E-state index contributed by atoms with van der Waals surface area (Å²) >= 11 is 0. The average Bonchev–Trinajstić information content (AvgIpc) is 2.77. The fraction of sp³-hybridized carbons (Fsp3) is 0.261. The molecule has 0 bridgehead atoms. The third-order valence-electron chi connectivity index (χ3n) is 5.11. The number of carbonyl (C=O) groups excluding carboxylic acids is 2. The number of aryl methyl sites for hydroxylation is 1. The number of methoxy groups -OCH3 is 1. The molecule has 3 aromatic rings. The van der Waals surface area contributed by atoms with Crippen LogP contribution in [0.3, 0.4) is 0 Å². The van der Waals surface area contributed by atoms with Gasteiger partial charge in [-0.15, -0.1) is 0 Å². The van der Waals surface area contributed by atoms with Crippen LogP contribution in [0.25, 0.3) is 10.9 Å². The Morgan fingerprint density at radius 3 is 2.86 bits per heavy atom. The number of carbonyl (C=O) groups is 2. The molecule has 4 rings (SSSR count). The van der Waals surface area contributed by atoms with Gasteiger partial charge in [-0.05, 0) is 48.2 Å². The zero-order chi connectivity index (χ0) is 20.2. The van der Waals surface area contributed by atoms with E-state index in [0.29, 0.717) is 6.54 Å². The number of benzene rings is 2. The van der Waals surface area contributed by atoms with E-state index in [4.69, 9.17) is 9.47 Å². The van der Waals surface area contributed by atoms with Crippen molar-refractivity contribution in [3.05, 3.63) is 65.9 Å². The second-order valence-corrected chi connectivity index (χ2v) is 6.97. The van der Waals surface area contributed by atoms with Crippen molar-refractivity contribution < 1.29 is 19.1 Å². The zero-order valence-electron chi connectivity index (χ0n) is 16.3. The third-order valence-corrected chi connectivity index (χ3v) is 5.11. The van der Waals surface area contributed by atoms with Crippen LogP contribution < -0.4 is 9.64 Å². The van der Waals surface area contributed by atoms with Gasteiger partial charge in [-0.2, -0.15) is 0 Å². The lowest BCUT2D eigenvalue weighted by Crippen LogP contribution is -2.38. The van der Waals surface area contributed by atoms with Gasteiger partial charge in [-0.3, -0.25) is 14.6 Å². The summed E-state index contributed by atoms with van der Waals surface area (Å²) in [7, 11) is 1.62. The van der Waals surface area contributed by atoms with Crippen LogP contribution in [-0.4, -0.2) is 37.1 Å². The molecule has 148 valence electrons. The molecule has 1 aliphatic heterocycles. The summed E-state index contributed by atoms with van der Waals surface area (Å²) in [5, 5.41) is 0.967. The Morgan fingerprint density at radius 2 is 2.00 bits per heavy atom. The summed E-state index contributed by atoms with van der Waals surface area (Å²) < 4.78 is 10.6. The number of hydrogen-bond acceptors (Lipinski definition) is 5. The molecule has 1 aromatic heterocycles. The van der Waals surface area contributed by atoms with Crippen molar-refractivity contribution in [2.75, 3.05) is 25.2 Å². The number of ether oxygens (including phenoxy) is 2. The molecule has 6 nitrogen and oxygen atoms in total. The van der Waals surface area contributed by atoms with Crippen molar-refractivity contribution in [1.29, 1.82) is 0 Å². The fourth-order valence-electron chi connectivity index (χ4n) is 3.70. The number of anilines is 1. The number of para-hydroxylation sites is 1. The molecule has 6 heteroatoms. The van der Waals surface area contributed by atoms with E-state index < -0.39 is 5.97 Å². The van der Waals surface area contributed by atoms with E-state index in [1.54, 1.807) is 18.2 Å². The molecule has 0 radical (unpaired) electrons.